The van der Waals surface area contributed by atoms with E-state index in [1.54, 1.807) is 18.2 Å². The van der Waals surface area contributed by atoms with Crippen LogP contribution < -0.4 is 15.0 Å². The molecule has 116 valence electrons. The maximum absolute atomic E-state index is 12.0. The third-order valence-electron chi connectivity index (χ3n) is 3.91. The maximum Gasteiger partial charge on any atom is 0.329 e. The maximum atomic E-state index is 12.0. The van der Waals surface area contributed by atoms with E-state index in [1.165, 1.54) is 4.90 Å². The van der Waals surface area contributed by atoms with Crippen molar-refractivity contribution in [1.82, 2.24) is 5.32 Å². The first-order valence-electron chi connectivity index (χ1n) is 7.08. The molecular formula is C15H16N2O5. The minimum atomic E-state index is -1.09. The van der Waals surface area contributed by atoms with E-state index in [-0.39, 0.29) is 31.4 Å². The van der Waals surface area contributed by atoms with Gasteiger partial charge in [-0.25, -0.2) is 4.79 Å². The van der Waals surface area contributed by atoms with Crippen LogP contribution in [0.3, 0.4) is 0 Å². The SMILES string of the molecule is O=C(CCN1C(=O)COc2ccccc21)NC1(C(=O)O)CC1. The number of carbonyl (C=O) groups excluding carboxylic acids is 2. The summed E-state index contributed by atoms with van der Waals surface area (Å²) in [5.74, 6) is -0.983. The zero-order valence-electron chi connectivity index (χ0n) is 11.9. The summed E-state index contributed by atoms with van der Waals surface area (Å²) in [6.45, 7) is 0.137. The number of anilines is 1. The Balaban J connectivity index is 1.63. The van der Waals surface area contributed by atoms with Crippen molar-refractivity contribution >= 4 is 23.5 Å². The lowest BCUT2D eigenvalue weighted by atomic mass is 10.2. The Labute approximate surface area is 126 Å². The van der Waals surface area contributed by atoms with Crippen LogP contribution in [-0.4, -0.2) is 41.6 Å². The zero-order valence-corrected chi connectivity index (χ0v) is 11.9. The molecule has 0 aromatic heterocycles. The van der Waals surface area contributed by atoms with Crippen molar-refractivity contribution < 1.29 is 24.2 Å². The highest BCUT2D eigenvalue weighted by molar-refractivity contribution is 5.98. The second-order valence-corrected chi connectivity index (χ2v) is 5.49. The van der Waals surface area contributed by atoms with Crippen LogP contribution in [0.25, 0.3) is 0 Å². The van der Waals surface area contributed by atoms with Gasteiger partial charge < -0.3 is 20.1 Å². The fraction of sp³-hybridized carbons (Fsp3) is 0.400. The van der Waals surface area contributed by atoms with Crippen LogP contribution in [0, 0.1) is 0 Å². The van der Waals surface area contributed by atoms with Gasteiger partial charge >= 0.3 is 5.97 Å². The molecular weight excluding hydrogens is 288 g/mol. The first-order chi connectivity index (χ1) is 10.5. The van der Waals surface area contributed by atoms with Crippen LogP contribution >= 0.6 is 0 Å². The number of ether oxygens (including phenoxy) is 1. The van der Waals surface area contributed by atoms with Crippen molar-refractivity contribution in [3.05, 3.63) is 24.3 Å². The Kier molecular flexibility index (Phi) is 3.48. The molecule has 2 aliphatic rings. The number of carbonyl (C=O) groups is 3. The third-order valence-corrected chi connectivity index (χ3v) is 3.91. The molecule has 1 aliphatic heterocycles. The number of nitrogens with one attached hydrogen (secondary N) is 1. The zero-order chi connectivity index (χ0) is 15.7. The average molecular weight is 304 g/mol. The molecule has 1 aliphatic carbocycles. The third kappa shape index (κ3) is 2.61. The molecule has 0 saturated heterocycles. The second kappa shape index (κ2) is 5.32. The van der Waals surface area contributed by atoms with E-state index in [1.807, 2.05) is 6.07 Å². The van der Waals surface area contributed by atoms with Crippen LogP contribution in [0.1, 0.15) is 19.3 Å². The number of hydrogen-bond acceptors (Lipinski definition) is 4. The Bertz CT molecular complexity index is 639. The van der Waals surface area contributed by atoms with Crippen molar-refractivity contribution in [2.75, 3.05) is 18.1 Å². The lowest BCUT2D eigenvalue weighted by Gasteiger charge is -2.29. The predicted octanol–water partition coefficient (Wildman–Crippen LogP) is 0.535. The fourth-order valence-corrected chi connectivity index (χ4v) is 2.46. The van der Waals surface area contributed by atoms with Gasteiger partial charge in [-0.3, -0.25) is 9.59 Å². The number of nitrogens with zero attached hydrogens (tertiary/aromatic N) is 1. The highest BCUT2D eigenvalue weighted by Gasteiger charge is 2.51. The van der Waals surface area contributed by atoms with Crippen molar-refractivity contribution in [1.29, 1.82) is 0 Å². The Morgan fingerprint density at radius 1 is 1.32 bits per heavy atom. The van der Waals surface area contributed by atoms with Gasteiger partial charge in [-0.05, 0) is 25.0 Å². The molecule has 0 atom stereocenters. The molecule has 1 aromatic rings. The van der Waals surface area contributed by atoms with Crippen LogP contribution in [0.2, 0.25) is 0 Å². The Hall–Kier alpha value is -2.57. The van der Waals surface area contributed by atoms with E-state index in [2.05, 4.69) is 5.32 Å². The van der Waals surface area contributed by atoms with E-state index in [0.29, 0.717) is 24.3 Å². The predicted molar refractivity (Wildman–Crippen MR) is 76.7 cm³/mol. The molecule has 0 spiro atoms. The van der Waals surface area contributed by atoms with E-state index in [9.17, 15) is 14.4 Å². The molecule has 0 unspecified atom stereocenters. The summed E-state index contributed by atoms with van der Waals surface area (Å²) in [6, 6.07) is 7.11. The van der Waals surface area contributed by atoms with Crippen molar-refractivity contribution in [2.45, 2.75) is 24.8 Å². The first kappa shape index (κ1) is 14.4. The van der Waals surface area contributed by atoms with Gasteiger partial charge in [0, 0.05) is 13.0 Å². The average Bonchev–Trinajstić information content (AvgIpc) is 3.27. The van der Waals surface area contributed by atoms with Crippen molar-refractivity contribution in [2.24, 2.45) is 0 Å². The van der Waals surface area contributed by atoms with E-state index < -0.39 is 11.5 Å². The molecule has 1 aromatic carbocycles. The van der Waals surface area contributed by atoms with Gasteiger partial charge in [0.25, 0.3) is 5.91 Å². The van der Waals surface area contributed by atoms with Gasteiger partial charge in [-0.2, -0.15) is 0 Å². The molecule has 1 fully saturated rings. The lowest BCUT2D eigenvalue weighted by molar-refractivity contribution is -0.143. The summed E-state index contributed by atoms with van der Waals surface area (Å²) in [6.07, 6.45) is 0.954. The van der Waals surface area contributed by atoms with Crippen molar-refractivity contribution in [3.63, 3.8) is 0 Å². The van der Waals surface area contributed by atoms with Crippen LogP contribution in [-0.2, 0) is 14.4 Å². The molecule has 0 bridgehead atoms. The Morgan fingerprint density at radius 3 is 2.73 bits per heavy atom. The van der Waals surface area contributed by atoms with Gasteiger partial charge in [-0.1, -0.05) is 12.1 Å². The van der Waals surface area contributed by atoms with Crippen LogP contribution in [0.5, 0.6) is 5.75 Å². The van der Waals surface area contributed by atoms with E-state index in [0.717, 1.165) is 0 Å². The summed E-state index contributed by atoms with van der Waals surface area (Å²) < 4.78 is 5.33. The number of amides is 2. The molecule has 1 saturated carbocycles. The molecule has 7 nitrogen and oxygen atoms in total. The van der Waals surface area contributed by atoms with Gasteiger partial charge in [0.1, 0.15) is 11.3 Å². The van der Waals surface area contributed by atoms with Crippen LogP contribution in [0.4, 0.5) is 5.69 Å². The second-order valence-electron chi connectivity index (χ2n) is 5.49. The van der Waals surface area contributed by atoms with Gasteiger partial charge in [0.05, 0.1) is 5.69 Å². The minimum absolute atomic E-state index is 0.0507. The molecule has 0 radical (unpaired) electrons. The molecule has 7 heteroatoms. The normalized spacial score (nSPS) is 18.2. The van der Waals surface area contributed by atoms with Gasteiger partial charge in [0.2, 0.25) is 5.91 Å². The molecule has 2 amide bonds. The topological polar surface area (TPSA) is 95.9 Å². The van der Waals surface area contributed by atoms with Gasteiger partial charge in [-0.15, -0.1) is 0 Å². The summed E-state index contributed by atoms with van der Waals surface area (Å²) in [5.41, 5.74) is -0.463. The fourth-order valence-electron chi connectivity index (χ4n) is 2.46. The number of hydrogen-bond donors (Lipinski definition) is 2. The summed E-state index contributed by atoms with van der Waals surface area (Å²) in [7, 11) is 0. The number of carboxylic acids is 1. The first-order valence-corrected chi connectivity index (χ1v) is 7.08. The molecule has 3 rings (SSSR count). The minimum Gasteiger partial charge on any atom is -0.482 e. The highest BCUT2D eigenvalue weighted by atomic mass is 16.5. The lowest BCUT2D eigenvalue weighted by Crippen LogP contribution is -2.45. The summed E-state index contributed by atoms with van der Waals surface area (Å²) >= 11 is 0. The monoisotopic (exact) mass is 304 g/mol. The van der Waals surface area contributed by atoms with E-state index >= 15 is 0 Å². The highest BCUT2D eigenvalue weighted by Crippen LogP contribution is 2.35. The quantitative estimate of drug-likeness (QED) is 0.827. The Morgan fingerprint density at radius 2 is 2.05 bits per heavy atom. The largest absolute Gasteiger partial charge is 0.482 e. The van der Waals surface area contributed by atoms with Crippen molar-refractivity contribution in [3.8, 4) is 5.75 Å². The molecule has 22 heavy (non-hydrogen) atoms. The number of rotatable bonds is 5. The summed E-state index contributed by atoms with van der Waals surface area (Å²) in [4.78, 5) is 36.4. The standard InChI is InChI=1S/C15H16N2O5/c18-12(16-15(6-7-15)14(20)21)5-8-17-10-3-1-2-4-11(10)22-9-13(17)19/h1-4H,5-9H2,(H,16,18)(H,20,21). The molecule has 1 heterocycles. The van der Waals surface area contributed by atoms with Gasteiger partial charge in [0.15, 0.2) is 6.61 Å². The van der Waals surface area contributed by atoms with Crippen LogP contribution in [0.15, 0.2) is 24.3 Å². The number of carboxylic acid groups (broad SMARTS) is 1. The molecule has 2 N–H and O–H groups in total. The number of para-hydroxylation sites is 2. The summed E-state index contributed by atoms with van der Waals surface area (Å²) in [5, 5.41) is 11.6. The number of benzene rings is 1. The number of fused-ring (bicyclic) bond motifs is 1. The van der Waals surface area contributed by atoms with E-state index in [4.69, 9.17) is 9.84 Å². The number of aliphatic carboxylic acids is 1. The smallest absolute Gasteiger partial charge is 0.329 e.